The summed E-state index contributed by atoms with van der Waals surface area (Å²) in [5.41, 5.74) is 7.53. The second-order valence-corrected chi connectivity index (χ2v) is 5.79. The van der Waals surface area contributed by atoms with Crippen LogP contribution < -0.4 is 10.2 Å². The molecule has 2 aromatic rings. The molecular weight excluding hydrogens is 244 g/mol. The highest BCUT2D eigenvalue weighted by atomic mass is 15.2. The molecule has 0 radical (unpaired) electrons. The Kier molecular flexibility index (Phi) is 2.96. The van der Waals surface area contributed by atoms with Crippen LogP contribution in [0, 0.1) is 0 Å². The van der Waals surface area contributed by atoms with Gasteiger partial charge < -0.3 is 10.2 Å². The van der Waals surface area contributed by atoms with E-state index >= 15 is 0 Å². The first-order valence-electron chi connectivity index (χ1n) is 7.55. The molecule has 0 spiro atoms. The fourth-order valence-electron chi connectivity index (χ4n) is 3.54. The third-order valence-electron chi connectivity index (χ3n) is 4.52. The average molecular weight is 264 g/mol. The lowest BCUT2D eigenvalue weighted by Crippen LogP contribution is -2.27. The van der Waals surface area contributed by atoms with Crippen LogP contribution in [0.15, 0.2) is 42.5 Å². The van der Waals surface area contributed by atoms with Gasteiger partial charge >= 0.3 is 0 Å². The summed E-state index contributed by atoms with van der Waals surface area (Å²) in [6.45, 7) is 4.46. The third-order valence-corrected chi connectivity index (χ3v) is 4.52. The minimum absolute atomic E-state index is 1.02. The fourth-order valence-corrected chi connectivity index (χ4v) is 3.54. The van der Waals surface area contributed by atoms with Crippen molar-refractivity contribution in [2.45, 2.75) is 19.4 Å². The fraction of sp³-hybridized carbons (Fsp3) is 0.333. The van der Waals surface area contributed by atoms with Gasteiger partial charge in [-0.2, -0.15) is 0 Å². The standard InChI is InChI=1S/C18H20N2/c1-2-4-14(5-3-1)12-15-6-7-16-13-19-9-11-20-10-8-17(15)18(16)20/h1-7,19H,8-13H2. The number of rotatable bonds is 2. The lowest BCUT2D eigenvalue weighted by molar-refractivity contribution is 0.692. The molecule has 0 atom stereocenters. The molecule has 0 fully saturated rings. The quantitative estimate of drug-likeness (QED) is 0.897. The van der Waals surface area contributed by atoms with Gasteiger partial charge in [0.2, 0.25) is 0 Å². The Balaban J connectivity index is 1.74. The number of anilines is 1. The predicted octanol–water partition coefficient (Wildman–Crippen LogP) is 2.74. The van der Waals surface area contributed by atoms with E-state index in [-0.39, 0.29) is 0 Å². The van der Waals surface area contributed by atoms with Crippen LogP contribution in [0.5, 0.6) is 0 Å². The van der Waals surface area contributed by atoms with E-state index in [4.69, 9.17) is 0 Å². The summed E-state index contributed by atoms with van der Waals surface area (Å²) >= 11 is 0. The maximum absolute atomic E-state index is 3.52. The van der Waals surface area contributed by atoms with Gasteiger partial charge in [0.05, 0.1) is 0 Å². The predicted molar refractivity (Wildman–Crippen MR) is 83.3 cm³/mol. The Labute approximate surface area is 120 Å². The Bertz CT molecular complexity index is 619. The van der Waals surface area contributed by atoms with Crippen LogP contribution in [0.1, 0.15) is 22.3 Å². The van der Waals surface area contributed by atoms with Crippen molar-refractivity contribution in [3.05, 3.63) is 64.7 Å². The second kappa shape index (κ2) is 4.95. The SMILES string of the molecule is c1ccc(Cc2ccc3c4c2CCN4CCNC3)cc1. The molecule has 1 N–H and O–H groups in total. The molecule has 2 aliphatic heterocycles. The summed E-state index contributed by atoms with van der Waals surface area (Å²) in [6.07, 6.45) is 2.27. The monoisotopic (exact) mass is 264 g/mol. The molecule has 4 rings (SSSR count). The van der Waals surface area contributed by atoms with Crippen LogP contribution in [0.25, 0.3) is 0 Å². The molecule has 0 aliphatic carbocycles. The van der Waals surface area contributed by atoms with Gasteiger partial charge in [-0.1, -0.05) is 42.5 Å². The highest BCUT2D eigenvalue weighted by Crippen LogP contribution is 2.36. The highest BCUT2D eigenvalue weighted by Gasteiger charge is 2.26. The summed E-state index contributed by atoms with van der Waals surface area (Å²) in [4.78, 5) is 2.57. The van der Waals surface area contributed by atoms with Gasteiger partial charge in [0.1, 0.15) is 0 Å². The van der Waals surface area contributed by atoms with E-state index < -0.39 is 0 Å². The van der Waals surface area contributed by atoms with Crippen molar-refractivity contribution in [2.75, 3.05) is 24.5 Å². The first-order chi connectivity index (χ1) is 9.92. The van der Waals surface area contributed by atoms with Crippen LogP contribution >= 0.6 is 0 Å². The molecule has 0 bridgehead atoms. The number of hydrogen-bond donors (Lipinski definition) is 1. The molecule has 0 unspecified atom stereocenters. The normalized spacial score (nSPS) is 16.9. The van der Waals surface area contributed by atoms with Gasteiger partial charge in [0.15, 0.2) is 0 Å². The Morgan fingerprint density at radius 2 is 1.90 bits per heavy atom. The summed E-state index contributed by atoms with van der Waals surface area (Å²) in [6, 6.07) is 15.5. The lowest BCUT2D eigenvalue weighted by Gasteiger charge is -2.19. The number of hydrogen-bond acceptors (Lipinski definition) is 2. The zero-order valence-electron chi connectivity index (χ0n) is 11.7. The van der Waals surface area contributed by atoms with Gasteiger partial charge in [0, 0.05) is 31.9 Å². The minimum atomic E-state index is 1.02. The van der Waals surface area contributed by atoms with E-state index in [1.54, 1.807) is 5.56 Å². The van der Waals surface area contributed by atoms with Gasteiger partial charge in [0.25, 0.3) is 0 Å². The van der Waals surface area contributed by atoms with Gasteiger partial charge in [-0.25, -0.2) is 0 Å². The zero-order valence-corrected chi connectivity index (χ0v) is 11.7. The van der Waals surface area contributed by atoms with Crippen molar-refractivity contribution in [1.29, 1.82) is 0 Å². The van der Waals surface area contributed by atoms with E-state index in [2.05, 4.69) is 52.7 Å². The first kappa shape index (κ1) is 12.0. The number of benzene rings is 2. The van der Waals surface area contributed by atoms with Crippen LogP contribution in [-0.4, -0.2) is 19.6 Å². The van der Waals surface area contributed by atoms with E-state index in [9.17, 15) is 0 Å². The average Bonchev–Trinajstić information content (AvgIpc) is 2.80. The Hall–Kier alpha value is -1.80. The van der Waals surface area contributed by atoms with Crippen molar-refractivity contribution in [2.24, 2.45) is 0 Å². The third kappa shape index (κ3) is 2.01. The van der Waals surface area contributed by atoms with Gasteiger partial charge in [-0.05, 0) is 35.1 Å². The highest BCUT2D eigenvalue weighted by molar-refractivity contribution is 5.66. The van der Waals surface area contributed by atoms with E-state index in [0.29, 0.717) is 0 Å². The van der Waals surface area contributed by atoms with E-state index in [0.717, 1.165) is 26.1 Å². The van der Waals surface area contributed by atoms with Gasteiger partial charge in [-0.15, -0.1) is 0 Å². The molecule has 102 valence electrons. The van der Waals surface area contributed by atoms with Crippen molar-refractivity contribution in [1.82, 2.24) is 5.32 Å². The van der Waals surface area contributed by atoms with Crippen molar-refractivity contribution >= 4 is 5.69 Å². The topological polar surface area (TPSA) is 15.3 Å². The van der Waals surface area contributed by atoms with E-state index in [1.165, 1.54) is 35.3 Å². The maximum atomic E-state index is 3.52. The molecule has 2 aromatic carbocycles. The molecular formula is C18H20N2. The Morgan fingerprint density at radius 1 is 1.00 bits per heavy atom. The molecule has 0 saturated carbocycles. The van der Waals surface area contributed by atoms with Crippen LogP contribution in [0.4, 0.5) is 5.69 Å². The summed E-state index contributed by atoms with van der Waals surface area (Å²) in [5, 5.41) is 3.52. The molecule has 0 aromatic heterocycles. The minimum Gasteiger partial charge on any atom is -0.369 e. The van der Waals surface area contributed by atoms with E-state index in [1.807, 2.05) is 0 Å². The molecule has 2 aliphatic rings. The van der Waals surface area contributed by atoms with Crippen molar-refractivity contribution in [3.8, 4) is 0 Å². The molecule has 20 heavy (non-hydrogen) atoms. The molecule has 2 heterocycles. The smallest absolute Gasteiger partial charge is 0.0448 e. The van der Waals surface area contributed by atoms with Crippen LogP contribution in [0.3, 0.4) is 0 Å². The van der Waals surface area contributed by atoms with Crippen molar-refractivity contribution in [3.63, 3.8) is 0 Å². The summed E-state index contributed by atoms with van der Waals surface area (Å²) in [7, 11) is 0. The molecule has 2 heteroatoms. The summed E-state index contributed by atoms with van der Waals surface area (Å²) < 4.78 is 0. The number of nitrogens with zero attached hydrogens (tertiary/aromatic N) is 1. The Morgan fingerprint density at radius 3 is 2.80 bits per heavy atom. The van der Waals surface area contributed by atoms with Crippen molar-refractivity contribution < 1.29 is 0 Å². The largest absolute Gasteiger partial charge is 0.369 e. The summed E-state index contributed by atoms with van der Waals surface area (Å²) in [5.74, 6) is 0. The number of nitrogens with one attached hydrogen (secondary N) is 1. The first-order valence-corrected chi connectivity index (χ1v) is 7.55. The van der Waals surface area contributed by atoms with Crippen LogP contribution in [-0.2, 0) is 19.4 Å². The maximum Gasteiger partial charge on any atom is 0.0448 e. The second-order valence-electron chi connectivity index (χ2n) is 5.79. The molecule has 0 amide bonds. The lowest BCUT2D eigenvalue weighted by atomic mass is 9.95. The molecule has 2 nitrogen and oxygen atoms in total. The van der Waals surface area contributed by atoms with Crippen LogP contribution in [0.2, 0.25) is 0 Å². The molecule has 0 saturated heterocycles. The zero-order chi connectivity index (χ0) is 13.4. The van der Waals surface area contributed by atoms with Gasteiger partial charge in [-0.3, -0.25) is 0 Å².